The van der Waals surface area contributed by atoms with E-state index in [4.69, 9.17) is 4.74 Å². The molecule has 0 aromatic carbocycles. The van der Waals surface area contributed by atoms with Gasteiger partial charge in [0.2, 0.25) is 0 Å². The smallest absolute Gasteiger partial charge is 0.407 e. The highest BCUT2D eigenvalue weighted by Gasteiger charge is 2.15. The first-order valence-electron chi connectivity index (χ1n) is 6.28. The zero-order valence-electron chi connectivity index (χ0n) is 12.0. The standard InChI is InChI=1S/C15H22N2O2/c1-6-12(9-13-11(2)7-8-16-13)10-17-14(18)19-15(3,4)5/h6-9,16H,2,10H2,1,3-5H3,(H,17,18)/b12-6+,13-9+. The molecule has 0 aliphatic rings. The molecule has 0 aliphatic carbocycles. The van der Waals surface area contributed by atoms with Crippen LogP contribution in [0.1, 0.15) is 27.7 Å². The molecule has 0 atom stereocenters. The Morgan fingerprint density at radius 3 is 2.68 bits per heavy atom. The van der Waals surface area contributed by atoms with Gasteiger partial charge >= 0.3 is 6.09 Å². The van der Waals surface area contributed by atoms with Crippen LogP contribution in [0.15, 0.2) is 23.9 Å². The molecule has 0 saturated heterocycles. The van der Waals surface area contributed by atoms with Gasteiger partial charge in [-0.3, -0.25) is 0 Å². The fraction of sp³-hybridized carbons (Fsp3) is 0.400. The Hall–Kier alpha value is -1.97. The molecule has 0 saturated carbocycles. The lowest BCUT2D eigenvalue weighted by molar-refractivity contribution is 0.0533. The second-order valence-electron chi connectivity index (χ2n) is 5.28. The molecule has 0 spiro atoms. The summed E-state index contributed by atoms with van der Waals surface area (Å²) in [5.74, 6) is 0. The van der Waals surface area contributed by atoms with E-state index in [2.05, 4.69) is 16.9 Å². The third kappa shape index (κ3) is 5.46. The van der Waals surface area contributed by atoms with Crippen molar-refractivity contribution in [2.24, 2.45) is 0 Å². The fourth-order valence-corrected chi connectivity index (χ4v) is 1.46. The van der Waals surface area contributed by atoms with Crippen molar-refractivity contribution < 1.29 is 9.53 Å². The van der Waals surface area contributed by atoms with Crippen LogP contribution in [0.4, 0.5) is 4.79 Å². The number of H-pyrrole nitrogens is 1. The van der Waals surface area contributed by atoms with Crippen LogP contribution in [0.3, 0.4) is 0 Å². The van der Waals surface area contributed by atoms with Crippen molar-refractivity contribution in [3.8, 4) is 0 Å². The molecule has 1 heterocycles. The highest BCUT2D eigenvalue weighted by atomic mass is 16.6. The maximum absolute atomic E-state index is 11.6. The molecule has 0 aliphatic heterocycles. The van der Waals surface area contributed by atoms with E-state index in [0.29, 0.717) is 6.54 Å². The number of aromatic nitrogens is 1. The summed E-state index contributed by atoms with van der Waals surface area (Å²) in [6.07, 6.45) is 5.32. The third-order valence-electron chi connectivity index (χ3n) is 2.41. The second-order valence-corrected chi connectivity index (χ2v) is 5.28. The van der Waals surface area contributed by atoms with E-state index in [1.54, 1.807) is 0 Å². The van der Waals surface area contributed by atoms with E-state index in [-0.39, 0.29) is 0 Å². The number of ether oxygens (including phenoxy) is 1. The minimum Gasteiger partial charge on any atom is -0.444 e. The van der Waals surface area contributed by atoms with Crippen molar-refractivity contribution in [1.82, 2.24) is 10.3 Å². The summed E-state index contributed by atoms with van der Waals surface area (Å²) in [4.78, 5) is 14.6. The number of hydrogen-bond acceptors (Lipinski definition) is 2. The summed E-state index contributed by atoms with van der Waals surface area (Å²) in [5.41, 5.74) is 0.502. The van der Waals surface area contributed by atoms with E-state index in [0.717, 1.165) is 16.1 Å². The van der Waals surface area contributed by atoms with E-state index < -0.39 is 11.7 Å². The van der Waals surface area contributed by atoms with Crippen molar-refractivity contribution in [2.45, 2.75) is 33.3 Å². The van der Waals surface area contributed by atoms with Crippen LogP contribution in [-0.2, 0) is 4.74 Å². The van der Waals surface area contributed by atoms with Gasteiger partial charge in [-0.2, -0.15) is 0 Å². The predicted molar refractivity (Wildman–Crippen MR) is 78.0 cm³/mol. The number of carbonyl (C=O) groups is 1. The lowest BCUT2D eigenvalue weighted by atomic mass is 10.2. The number of rotatable bonds is 3. The monoisotopic (exact) mass is 262 g/mol. The van der Waals surface area contributed by atoms with Gasteiger partial charge < -0.3 is 15.0 Å². The molecular formula is C15H22N2O2. The first-order valence-corrected chi connectivity index (χ1v) is 6.28. The Kier molecular flexibility index (Phi) is 4.98. The van der Waals surface area contributed by atoms with E-state index in [1.165, 1.54) is 0 Å². The molecule has 0 fully saturated rings. The van der Waals surface area contributed by atoms with Crippen LogP contribution in [0, 0.1) is 0 Å². The highest BCUT2D eigenvalue weighted by molar-refractivity contribution is 5.68. The second kappa shape index (κ2) is 6.27. The summed E-state index contributed by atoms with van der Waals surface area (Å²) in [6.45, 7) is 11.8. The van der Waals surface area contributed by atoms with Gasteiger partial charge in [0.1, 0.15) is 5.60 Å². The van der Waals surface area contributed by atoms with Crippen LogP contribution in [-0.4, -0.2) is 23.2 Å². The number of allylic oxidation sites excluding steroid dienone is 1. The average Bonchev–Trinajstić information content (AvgIpc) is 2.67. The molecule has 1 aromatic heterocycles. The van der Waals surface area contributed by atoms with Crippen LogP contribution in [0.25, 0.3) is 12.7 Å². The molecule has 0 unspecified atom stereocenters. The molecule has 2 N–H and O–H groups in total. The Morgan fingerprint density at radius 1 is 1.53 bits per heavy atom. The van der Waals surface area contributed by atoms with Crippen molar-refractivity contribution >= 4 is 18.7 Å². The van der Waals surface area contributed by atoms with Gasteiger partial charge in [0.05, 0.1) is 0 Å². The highest BCUT2D eigenvalue weighted by Crippen LogP contribution is 2.06. The van der Waals surface area contributed by atoms with Crippen molar-refractivity contribution in [3.05, 3.63) is 34.5 Å². The summed E-state index contributed by atoms with van der Waals surface area (Å²) in [6, 6.07) is 1.90. The fourth-order valence-electron chi connectivity index (χ4n) is 1.46. The minimum absolute atomic E-state index is 0.415. The molecule has 1 aromatic rings. The Balaban J connectivity index is 2.64. The largest absolute Gasteiger partial charge is 0.444 e. The van der Waals surface area contributed by atoms with Gasteiger partial charge in [0, 0.05) is 18.1 Å². The van der Waals surface area contributed by atoms with Crippen LogP contribution >= 0.6 is 0 Å². The molecule has 1 amide bonds. The third-order valence-corrected chi connectivity index (χ3v) is 2.41. The van der Waals surface area contributed by atoms with Crippen molar-refractivity contribution in [2.75, 3.05) is 6.54 Å². The first kappa shape index (κ1) is 15.1. The van der Waals surface area contributed by atoms with Crippen molar-refractivity contribution in [3.63, 3.8) is 0 Å². The molecular weight excluding hydrogens is 240 g/mol. The normalized spacial score (nSPS) is 13.5. The minimum atomic E-state index is -0.482. The van der Waals surface area contributed by atoms with Gasteiger partial charge in [-0.1, -0.05) is 12.7 Å². The predicted octanol–water partition coefficient (Wildman–Crippen LogP) is 1.68. The summed E-state index contributed by atoms with van der Waals surface area (Å²) >= 11 is 0. The number of carbonyl (C=O) groups excluding carboxylic acids is 1. The quantitative estimate of drug-likeness (QED) is 0.870. The van der Waals surface area contributed by atoms with Crippen LogP contribution in [0.5, 0.6) is 0 Å². The SMILES string of the molecule is C=c1cc[nH]/c1=C/C(=C\C)CNC(=O)OC(C)(C)C. The topological polar surface area (TPSA) is 54.1 Å². The summed E-state index contributed by atoms with van der Waals surface area (Å²) in [7, 11) is 0. The lowest BCUT2D eigenvalue weighted by Crippen LogP contribution is -2.33. The Labute approximate surface area is 113 Å². The molecule has 104 valence electrons. The van der Waals surface area contributed by atoms with Gasteiger partial charge in [-0.15, -0.1) is 0 Å². The Bertz CT molecular complexity index is 562. The molecule has 0 radical (unpaired) electrons. The van der Waals surface area contributed by atoms with Gasteiger partial charge in [0.15, 0.2) is 0 Å². The zero-order valence-corrected chi connectivity index (χ0v) is 12.0. The molecule has 4 heteroatoms. The molecule has 19 heavy (non-hydrogen) atoms. The number of aromatic amines is 1. The maximum Gasteiger partial charge on any atom is 0.407 e. The lowest BCUT2D eigenvalue weighted by Gasteiger charge is -2.19. The van der Waals surface area contributed by atoms with Gasteiger partial charge in [0.25, 0.3) is 0 Å². The maximum atomic E-state index is 11.6. The molecule has 1 rings (SSSR count). The average molecular weight is 262 g/mol. The molecule has 4 nitrogen and oxygen atoms in total. The summed E-state index contributed by atoms with van der Waals surface area (Å²) in [5, 5.41) is 4.60. The summed E-state index contributed by atoms with van der Waals surface area (Å²) < 4.78 is 5.18. The molecule has 0 bridgehead atoms. The number of nitrogens with one attached hydrogen (secondary N) is 2. The van der Waals surface area contributed by atoms with Crippen molar-refractivity contribution in [1.29, 1.82) is 0 Å². The van der Waals surface area contributed by atoms with E-state index >= 15 is 0 Å². The number of hydrogen-bond donors (Lipinski definition) is 2. The Morgan fingerprint density at radius 2 is 2.21 bits per heavy atom. The number of alkyl carbamates (subject to hydrolysis) is 1. The first-order chi connectivity index (χ1) is 8.81. The van der Waals surface area contributed by atoms with Crippen LogP contribution < -0.4 is 15.9 Å². The zero-order chi connectivity index (χ0) is 14.5. The van der Waals surface area contributed by atoms with Gasteiger partial charge in [-0.05, 0) is 50.6 Å². The van der Waals surface area contributed by atoms with Gasteiger partial charge in [-0.25, -0.2) is 4.79 Å². The van der Waals surface area contributed by atoms with Crippen LogP contribution in [0.2, 0.25) is 0 Å². The van der Waals surface area contributed by atoms with E-state index in [9.17, 15) is 4.79 Å². The number of amides is 1. The van der Waals surface area contributed by atoms with E-state index in [1.807, 2.05) is 52.1 Å².